The van der Waals surface area contributed by atoms with Gasteiger partial charge in [0.25, 0.3) is 0 Å². The van der Waals surface area contributed by atoms with Crippen molar-refractivity contribution in [2.45, 2.75) is 76.3 Å². The third-order valence-corrected chi connectivity index (χ3v) is 7.53. The van der Waals surface area contributed by atoms with E-state index in [9.17, 15) is 8.42 Å². The fourth-order valence-electron chi connectivity index (χ4n) is 4.72. The largest absolute Gasteiger partial charge is 0.310 e. The average Bonchev–Trinajstić information content (AvgIpc) is 3.08. The Kier molecular flexibility index (Phi) is 4.71. The second-order valence-electron chi connectivity index (χ2n) is 7.24. The molecule has 0 aromatic carbocycles. The summed E-state index contributed by atoms with van der Waals surface area (Å²) in [6.45, 7) is 0. The van der Waals surface area contributed by atoms with E-state index in [0.29, 0.717) is 17.5 Å². The molecule has 1 heterocycles. The van der Waals surface area contributed by atoms with Gasteiger partial charge in [-0.3, -0.25) is 0 Å². The number of hydrogen-bond acceptors (Lipinski definition) is 3. The van der Waals surface area contributed by atoms with Crippen molar-refractivity contribution in [3.63, 3.8) is 0 Å². The molecular weight excluding hydrogens is 270 g/mol. The van der Waals surface area contributed by atoms with Crippen molar-refractivity contribution in [3.8, 4) is 0 Å². The fourth-order valence-corrected chi connectivity index (χ4v) is 6.37. The minimum atomic E-state index is -2.79. The molecule has 1 unspecified atom stereocenters. The highest BCUT2D eigenvalue weighted by Gasteiger charge is 2.36. The van der Waals surface area contributed by atoms with Crippen LogP contribution in [0.5, 0.6) is 0 Å². The maximum atomic E-state index is 11.8. The summed E-state index contributed by atoms with van der Waals surface area (Å²) in [5.41, 5.74) is 0. The summed E-state index contributed by atoms with van der Waals surface area (Å²) in [5.74, 6) is 2.40. The Bertz CT molecular complexity index is 392. The molecule has 3 nitrogen and oxygen atoms in total. The number of nitrogens with one attached hydrogen (secondary N) is 1. The van der Waals surface area contributed by atoms with Gasteiger partial charge in [-0.1, -0.05) is 25.7 Å². The van der Waals surface area contributed by atoms with Crippen LogP contribution in [0.4, 0.5) is 0 Å². The molecule has 1 saturated heterocycles. The number of rotatable bonds is 4. The van der Waals surface area contributed by atoms with Crippen molar-refractivity contribution in [1.82, 2.24) is 5.32 Å². The minimum absolute atomic E-state index is 0.222. The fraction of sp³-hybridized carbons (Fsp3) is 1.00. The summed E-state index contributed by atoms with van der Waals surface area (Å²) in [5, 5.41) is 3.82. The standard InChI is InChI=1S/C16H29NO2S/c18-20(19)11-5-10-15(12-20)17-16(13-6-1-2-7-13)14-8-3-4-9-14/h13-17H,1-12H2. The van der Waals surface area contributed by atoms with Gasteiger partial charge < -0.3 is 5.32 Å². The lowest BCUT2D eigenvalue weighted by Crippen LogP contribution is -2.50. The van der Waals surface area contributed by atoms with Gasteiger partial charge in [0.05, 0.1) is 11.5 Å². The highest BCUT2D eigenvalue weighted by molar-refractivity contribution is 7.91. The average molecular weight is 299 g/mol. The first-order chi connectivity index (χ1) is 9.64. The summed E-state index contributed by atoms with van der Waals surface area (Å²) in [4.78, 5) is 0. The summed E-state index contributed by atoms with van der Waals surface area (Å²) in [6.07, 6.45) is 12.8. The molecule has 3 aliphatic rings. The third kappa shape index (κ3) is 3.56. The molecule has 1 N–H and O–H groups in total. The second-order valence-corrected chi connectivity index (χ2v) is 9.46. The van der Waals surface area contributed by atoms with Crippen molar-refractivity contribution in [2.75, 3.05) is 11.5 Å². The van der Waals surface area contributed by atoms with Gasteiger partial charge in [-0.05, 0) is 50.4 Å². The number of hydrogen-bond donors (Lipinski definition) is 1. The van der Waals surface area contributed by atoms with Gasteiger partial charge in [0.15, 0.2) is 9.84 Å². The van der Waals surface area contributed by atoms with Gasteiger partial charge in [-0.15, -0.1) is 0 Å². The highest BCUT2D eigenvalue weighted by Crippen LogP contribution is 2.37. The van der Waals surface area contributed by atoms with Crippen LogP contribution in [0.1, 0.15) is 64.2 Å². The first-order valence-corrected chi connectivity index (χ1v) is 10.4. The van der Waals surface area contributed by atoms with Gasteiger partial charge >= 0.3 is 0 Å². The summed E-state index contributed by atoms with van der Waals surface area (Å²) in [6, 6.07) is 0.818. The molecule has 116 valence electrons. The van der Waals surface area contributed by atoms with Crippen molar-refractivity contribution in [2.24, 2.45) is 11.8 Å². The minimum Gasteiger partial charge on any atom is -0.310 e. The first kappa shape index (κ1) is 14.8. The van der Waals surface area contributed by atoms with Gasteiger partial charge in [0, 0.05) is 12.1 Å². The lowest BCUT2D eigenvalue weighted by Gasteiger charge is -2.35. The molecule has 0 aromatic rings. The highest BCUT2D eigenvalue weighted by atomic mass is 32.2. The Hall–Kier alpha value is -0.0900. The monoisotopic (exact) mass is 299 g/mol. The molecule has 4 heteroatoms. The molecule has 1 atom stereocenters. The summed E-state index contributed by atoms with van der Waals surface area (Å²) in [7, 11) is -2.79. The van der Waals surface area contributed by atoms with Gasteiger partial charge in [0.2, 0.25) is 0 Å². The van der Waals surface area contributed by atoms with Crippen LogP contribution in [0.3, 0.4) is 0 Å². The van der Waals surface area contributed by atoms with E-state index in [2.05, 4.69) is 5.32 Å². The quantitative estimate of drug-likeness (QED) is 0.868. The van der Waals surface area contributed by atoms with Gasteiger partial charge in [-0.25, -0.2) is 8.42 Å². The van der Waals surface area contributed by atoms with E-state index in [1.807, 2.05) is 0 Å². The van der Waals surface area contributed by atoms with Crippen molar-refractivity contribution < 1.29 is 8.42 Å². The zero-order valence-corrected chi connectivity index (χ0v) is 13.3. The van der Waals surface area contributed by atoms with Crippen LogP contribution in [-0.2, 0) is 9.84 Å². The van der Waals surface area contributed by atoms with E-state index >= 15 is 0 Å². The van der Waals surface area contributed by atoms with Gasteiger partial charge in [0.1, 0.15) is 0 Å². The Morgan fingerprint density at radius 1 is 0.800 bits per heavy atom. The Morgan fingerprint density at radius 3 is 1.85 bits per heavy atom. The van der Waals surface area contributed by atoms with E-state index in [1.54, 1.807) is 0 Å². The van der Waals surface area contributed by atoms with E-state index in [4.69, 9.17) is 0 Å². The normalized spacial score (nSPS) is 32.1. The molecule has 2 aliphatic carbocycles. The van der Waals surface area contributed by atoms with Crippen LogP contribution < -0.4 is 5.32 Å². The lowest BCUT2D eigenvalue weighted by atomic mass is 9.85. The van der Waals surface area contributed by atoms with Crippen LogP contribution in [0.25, 0.3) is 0 Å². The maximum absolute atomic E-state index is 11.8. The van der Waals surface area contributed by atoms with Crippen LogP contribution in [0.2, 0.25) is 0 Å². The van der Waals surface area contributed by atoms with Crippen molar-refractivity contribution >= 4 is 9.84 Å². The van der Waals surface area contributed by atoms with Crippen LogP contribution in [0.15, 0.2) is 0 Å². The first-order valence-electron chi connectivity index (χ1n) is 8.60. The smallest absolute Gasteiger partial charge is 0.151 e. The molecule has 0 bridgehead atoms. The molecule has 1 aliphatic heterocycles. The molecule has 3 fully saturated rings. The molecule has 2 saturated carbocycles. The Labute approximate surface area is 123 Å². The molecular formula is C16H29NO2S. The topological polar surface area (TPSA) is 46.2 Å². The Balaban J connectivity index is 1.65. The van der Waals surface area contributed by atoms with Crippen LogP contribution >= 0.6 is 0 Å². The molecule has 0 amide bonds. The number of sulfone groups is 1. The zero-order valence-electron chi connectivity index (χ0n) is 12.5. The van der Waals surface area contributed by atoms with Crippen LogP contribution in [0, 0.1) is 11.8 Å². The predicted molar refractivity (Wildman–Crippen MR) is 82.5 cm³/mol. The van der Waals surface area contributed by atoms with E-state index in [1.165, 1.54) is 51.4 Å². The zero-order chi connectivity index (χ0) is 14.0. The Morgan fingerprint density at radius 2 is 1.35 bits per heavy atom. The predicted octanol–water partition coefficient (Wildman–Crippen LogP) is 2.90. The third-order valence-electron chi connectivity index (χ3n) is 5.71. The van der Waals surface area contributed by atoms with E-state index in [-0.39, 0.29) is 6.04 Å². The summed E-state index contributed by atoms with van der Waals surface area (Å²) < 4.78 is 23.7. The molecule has 0 aromatic heterocycles. The summed E-state index contributed by atoms with van der Waals surface area (Å²) >= 11 is 0. The lowest BCUT2D eigenvalue weighted by molar-refractivity contribution is 0.237. The van der Waals surface area contributed by atoms with Gasteiger partial charge in [-0.2, -0.15) is 0 Å². The SMILES string of the molecule is O=S1(=O)CCCC(NC(C2CCCC2)C2CCCC2)C1. The molecule has 0 spiro atoms. The maximum Gasteiger partial charge on any atom is 0.151 e. The van der Waals surface area contributed by atoms with Crippen molar-refractivity contribution in [3.05, 3.63) is 0 Å². The second kappa shape index (κ2) is 6.35. The van der Waals surface area contributed by atoms with Crippen molar-refractivity contribution in [1.29, 1.82) is 0 Å². The molecule has 20 heavy (non-hydrogen) atoms. The molecule has 0 radical (unpaired) electrons. The van der Waals surface area contributed by atoms with E-state index in [0.717, 1.165) is 24.7 Å². The van der Waals surface area contributed by atoms with E-state index < -0.39 is 9.84 Å². The molecule has 3 rings (SSSR count). The van der Waals surface area contributed by atoms with Crippen LogP contribution in [-0.4, -0.2) is 32.0 Å².